The highest BCUT2D eigenvalue weighted by Gasteiger charge is 2.15. The molecule has 19 heavy (non-hydrogen) atoms. The van der Waals surface area contributed by atoms with Gasteiger partial charge < -0.3 is 14.8 Å². The molecule has 0 heterocycles. The third-order valence-electron chi connectivity index (χ3n) is 3.36. The van der Waals surface area contributed by atoms with E-state index in [0.717, 1.165) is 26.0 Å². The fourth-order valence-electron chi connectivity index (χ4n) is 1.68. The van der Waals surface area contributed by atoms with Crippen LogP contribution in [0.1, 0.15) is 31.4 Å². The van der Waals surface area contributed by atoms with Gasteiger partial charge in [0.15, 0.2) is 0 Å². The molecule has 0 amide bonds. The lowest BCUT2D eigenvalue weighted by molar-refractivity contribution is -0.0124. The van der Waals surface area contributed by atoms with Crippen molar-refractivity contribution in [1.82, 2.24) is 5.32 Å². The molecule has 108 valence electrons. The summed E-state index contributed by atoms with van der Waals surface area (Å²) in [6.07, 6.45) is 1.98. The summed E-state index contributed by atoms with van der Waals surface area (Å²) in [5.74, 6) is 0. The predicted molar refractivity (Wildman–Crippen MR) is 79.4 cm³/mol. The minimum absolute atomic E-state index is 0.100. The first-order chi connectivity index (χ1) is 9.07. The Kier molecular flexibility index (Phi) is 7.06. The second kappa shape index (κ2) is 8.31. The Bertz CT molecular complexity index is 346. The fraction of sp³-hybridized carbons (Fsp3) is 0.625. The van der Waals surface area contributed by atoms with Crippen LogP contribution in [0.5, 0.6) is 0 Å². The topological polar surface area (TPSA) is 30.5 Å². The lowest BCUT2D eigenvalue weighted by Crippen LogP contribution is -2.24. The van der Waals surface area contributed by atoms with Crippen LogP contribution in [0.25, 0.3) is 0 Å². The number of hydrogen-bond donors (Lipinski definition) is 1. The van der Waals surface area contributed by atoms with Gasteiger partial charge >= 0.3 is 0 Å². The summed E-state index contributed by atoms with van der Waals surface area (Å²) in [6, 6.07) is 8.64. The van der Waals surface area contributed by atoms with E-state index in [4.69, 9.17) is 9.47 Å². The van der Waals surface area contributed by atoms with Crippen molar-refractivity contribution in [1.29, 1.82) is 0 Å². The number of nitrogens with one attached hydrogen (secondary N) is 1. The Balaban J connectivity index is 2.26. The maximum absolute atomic E-state index is 5.69. The molecule has 0 radical (unpaired) electrons. The Labute approximate surface area is 117 Å². The van der Waals surface area contributed by atoms with E-state index in [1.807, 2.05) is 7.05 Å². The van der Waals surface area contributed by atoms with Crippen LogP contribution >= 0.6 is 0 Å². The van der Waals surface area contributed by atoms with E-state index in [9.17, 15) is 0 Å². The largest absolute Gasteiger partial charge is 0.379 e. The van der Waals surface area contributed by atoms with Crippen molar-refractivity contribution in [2.24, 2.45) is 0 Å². The summed E-state index contributed by atoms with van der Waals surface area (Å²) in [7, 11) is 3.72. The molecule has 0 aromatic heterocycles. The molecule has 0 aliphatic carbocycles. The Morgan fingerprint density at radius 2 is 1.74 bits per heavy atom. The van der Waals surface area contributed by atoms with E-state index < -0.39 is 0 Å². The van der Waals surface area contributed by atoms with Crippen molar-refractivity contribution in [2.75, 3.05) is 27.3 Å². The van der Waals surface area contributed by atoms with Gasteiger partial charge in [0.1, 0.15) is 0 Å². The molecule has 1 aromatic carbocycles. The average Bonchev–Trinajstić information content (AvgIpc) is 2.42. The van der Waals surface area contributed by atoms with Gasteiger partial charge in [-0.05, 0) is 51.4 Å². The van der Waals surface area contributed by atoms with Crippen LogP contribution in [0.3, 0.4) is 0 Å². The molecule has 0 saturated carbocycles. The summed E-state index contributed by atoms with van der Waals surface area (Å²) in [4.78, 5) is 0. The van der Waals surface area contributed by atoms with Gasteiger partial charge in [-0.1, -0.05) is 24.3 Å². The van der Waals surface area contributed by atoms with E-state index >= 15 is 0 Å². The first-order valence-electron chi connectivity index (χ1n) is 6.93. The van der Waals surface area contributed by atoms with Gasteiger partial charge in [0.2, 0.25) is 0 Å². The van der Waals surface area contributed by atoms with Gasteiger partial charge in [-0.25, -0.2) is 0 Å². The van der Waals surface area contributed by atoms with Crippen LogP contribution in [-0.2, 0) is 22.5 Å². The van der Waals surface area contributed by atoms with Gasteiger partial charge in [0.05, 0.1) is 12.2 Å². The van der Waals surface area contributed by atoms with Crippen LogP contribution in [0.4, 0.5) is 0 Å². The highest BCUT2D eigenvalue weighted by atomic mass is 16.5. The maximum atomic E-state index is 5.69. The number of methoxy groups -OCH3 is 1. The van der Waals surface area contributed by atoms with Gasteiger partial charge in [0.25, 0.3) is 0 Å². The summed E-state index contributed by atoms with van der Waals surface area (Å²) in [6.45, 7) is 6.57. The van der Waals surface area contributed by atoms with Gasteiger partial charge in [-0.2, -0.15) is 0 Å². The second-order valence-electron chi connectivity index (χ2n) is 5.44. The van der Waals surface area contributed by atoms with E-state index in [1.54, 1.807) is 7.11 Å². The number of rotatable bonds is 9. The molecule has 1 rings (SSSR count). The highest BCUT2D eigenvalue weighted by molar-refractivity contribution is 5.22. The van der Waals surface area contributed by atoms with Crippen LogP contribution in [0.15, 0.2) is 24.3 Å². The molecule has 0 unspecified atom stereocenters. The standard InChI is InChI=1S/C16H27NO2/c1-16(2,18-4)10-12-19-13-15-7-5-14(6-8-15)9-11-17-3/h5-8,17H,9-13H2,1-4H3. The fourth-order valence-corrected chi connectivity index (χ4v) is 1.68. The van der Waals surface area contributed by atoms with Crippen LogP contribution in [0.2, 0.25) is 0 Å². The van der Waals surface area contributed by atoms with Gasteiger partial charge in [-0.3, -0.25) is 0 Å². The van der Waals surface area contributed by atoms with Crippen molar-refractivity contribution >= 4 is 0 Å². The first kappa shape index (κ1) is 16.2. The zero-order valence-corrected chi connectivity index (χ0v) is 12.7. The van der Waals surface area contributed by atoms with E-state index in [0.29, 0.717) is 6.61 Å². The quantitative estimate of drug-likeness (QED) is 0.696. The SMILES string of the molecule is CNCCc1ccc(COCCC(C)(C)OC)cc1. The predicted octanol–water partition coefficient (Wildman–Crippen LogP) is 2.78. The summed E-state index contributed by atoms with van der Waals surface area (Å²) in [5.41, 5.74) is 2.49. The highest BCUT2D eigenvalue weighted by Crippen LogP contribution is 2.13. The molecule has 0 bridgehead atoms. The van der Waals surface area contributed by atoms with Crippen LogP contribution < -0.4 is 5.32 Å². The van der Waals surface area contributed by atoms with Crippen LogP contribution in [-0.4, -0.2) is 32.9 Å². The van der Waals surface area contributed by atoms with Crippen LogP contribution in [0, 0.1) is 0 Å². The lowest BCUT2D eigenvalue weighted by atomic mass is 10.1. The van der Waals surface area contributed by atoms with Gasteiger partial charge in [0, 0.05) is 13.7 Å². The van der Waals surface area contributed by atoms with Crippen molar-refractivity contribution in [3.05, 3.63) is 35.4 Å². The molecule has 0 saturated heterocycles. The molecule has 0 fully saturated rings. The Morgan fingerprint density at radius 1 is 1.11 bits per heavy atom. The number of benzene rings is 1. The van der Waals surface area contributed by atoms with Crippen molar-refractivity contribution in [2.45, 2.75) is 38.9 Å². The minimum Gasteiger partial charge on any atom is -0.379 e. The average molecular weight is 265 g/mol. The molecule has 3 nitrogen and oxygen atoms in total. The zero-order valence-electron chi connectivity index (χ0n) is 12.7. The first-order valence-corrected chi connectivity index (χ1v) is 6.93. The second-order valence-corrected chi connectivity index (χ2v) is 5.44. The molecule has 0 aliphatic heterocycles. The van der Waals surface area contributed by atoms with E-state index in [1.165, 1.54) is 11.1 Å². The van der Waals surface area contributed by atoms with Gasteiger partial charge in [-0.15, -0.1) is 0 Å². The number of hydrogen-bond acceptors (Lipinski definition) is 3. The Hall–Kier alpha value is -0.900. The normalized spacial score (nSPS) is 11.8. The molecule has 3 heteroatoms. The number of ether oxygens (including phenoxy) is 2. The van der Waals surface area contributed by atoms with E-state index in [2.05, 4.69) is 43.4 Å². The molecule has 1 N–H and O–H groups in total. The minimum atomic E-state index is -0.100. The zero-order chi connectivity index (χ0) is 14.1. The lowest BCUT2D eigenvalue weighted by Gasteiger charge is -2.22. The molecule has 0 atom stereocenters. The van der Waals surface area contributed by atoms with E-state index in [-0.39, 0.29) is 5.60 Å². The van der Waals surface area contributed by atoms with Crippen molar-refractivity contribution in [3.63, 3.8) is 0 Å². The molecule has 1 aromatic rings. The Morgan fingerprint density at radius 3 is 2.32 bits per heavy atom. The third-order valence-corrected chi connectivity index (χ3v) is 3.36. The number of likely N-dealkylation sites (N-methyl/N-ethyl adjacent to an activating group) is 1. The molecule has 0 aliphatic rings. The van der Waals surface area contributed by atoms with Crippen molar-refractivity contribution in [3.8, 4) is 0 Å². The molecule has 0 spiro atoms. The molecular formula is C16H27NO2. The summed E-state index contributed by atoms with van der Waals surface area (Å²) in [5, 5.41) is 3.16. The summed E-state index contributed by atoms with van der Waals surface area (Å²) < 4.78 is 11.0. The van der Waals surface area contributed by atoms with Crippen molar-refractivity contribution < 1.29 is 9.47 Å². The molecular weight excluding hydrogens is 238 g/mol. The smallest absolute Gasteiger partial charge is 0.0716 e. The summed E-state index contributed by atoms with van der Waals surface area (Å²) >= 11 is 0. The monoisotopic (exact) mass is 265 g/mol. The third kappa shape index (κ3) is 6.71. The maximum Gasteiger partial charge on any atom is 0.0716 e.